The SMILES string of the molecule is CCOC(=O)c1n[nH]nc1-c1cc(Br)ccc1OCC(=O)Nc1ccccc1C. The number of benzene rings is 2. The summed E-state index contributed by atoms with van der Waals surface area (Å²) in [7, 11) is 0. The van der Waals surface area contributed by atoms with Gasteiger partial charge in [-0.3, -0.25) is 4.79 Å². The molecule has 2 N–H and O–H groups in total. The van der Waals surface area contributed by atoms with Gasteiger partial charge in [-0.25, -0.2) is 4.79 Å². The van der Waals surface area contributed by atoms with Crippen LogP contribution in [0.4, 0.5) is 5.69 Å². The van der Waals surface area contributed by atoms with Crippen LogP contribution in [0, 0.1) is 6.92 Å². The molecule has 0 aliphatic rings. The second-order valence-electron chi connectivity index (χ2n) is 6.03. The fraction of sp³-hybridized carbons (Fsp3) is 0.200. The quantitative estimate of drug-likeness (QED) is 0.522. The molecule has 150 valence electrons. The minimum absolute atomic E-state index is 0.0409. The van der Waals surface area contributed by atoms with Gasteiger partial charge in [0, 0.05) is 15.7 Å². The van der Waals surface area contributed by atoms with E-state index in [4.69, 9.17) is 9.47 Å². The van der Waals surface area contributed by atoms with Crippen LogP contribution in [0.1, 0.15) is 23.0 Å². The van der Waals surface area contributed by atoms with Crippen LogP contribution in [0.15, 0.2) is 46.9 Å². The van der Waals surface area contributed by atoms with Crippen molar-refractivity contribution in [1.82, 2.24) is 15.4 Å². The topological polar surface area (TPSA) is 106 Å². The van der Waals surface area contributed by atoms with Crippen LogP contribution < -0.4 is 10.1 Å². The van der Waals surface area contributed by atoms with E-state index in [1.807, 2.05) is 31.2 Å². The van der Waals surface area contributed by atoms with E-state index >= 15 is 0 Å². The molecule has 29 heavy (non-hydrogen) atoms. The van der Waals surface area contributed by atoms with Gasteiger partial charge >= 0.3 is 5.97 Å². The van der Waals surface area contributed by atoms with Crippen molar-refractivity contribution in [2.45, 2.75) is 13.8 Å². The molecule has 0 atom stereocenters. The number of hydrogen-bond donors (Lipinski definition) is 2. The summed E-state index contributed by atoms with van der Waals surface area (Å²) in [4.78, 5) is 24.4. The Morgan fingerprint density at radius 2 is 1.97 bits per heavy atom. The number of hydrogen-bond acceptors (Lipinski definition) is 6. The van der Waals surface area contributed by atoms with Crippen LogP contribution in [-0.4, -0.2) is 40.5 Å². The average Bonchev–Trinajstić information content (AvgIpc) is 3.19. The molecule has 0 radical (unpaired) electrons. The number of rotatable bonds is 7. The first kappa shape index (κ1) is 20.5. The second kappa shape index (κ2) is 9.33. The molecule has 0 aliphatic carbocycles. The van der Waals surface area contributed by atoms with Gasteiger partial charge in [0.1, 0.15) is 11.4 Å². The zero-order valence-corrected chi connectivity index (χ0v) is 17.4. The lowest BCUT2D eigenvalue weighted by Crippen LogP contribution is -2.20. The number of H-pyrrole nitrogens is 1. The van der Waals surface area contributed by atoms with Gasteiger partial charge in [0.05, 0.1) is 6.61 Å². The molecule has 2 aromatic carbocycles. The number of ether oxygens (including phenoxy) is 2. The average molecular weight is 459 g/mol. The second-order valence-corrected chi connectivity index (χ2v) is 6.95. The molecule has 0 saturated heterocycles. The van der Waals surface area contributed by atoms with Gasteiger partial charge in [-0.15, -0.1) is 5.10 Å². The van der Waals surface area contributed by atoms with Crippen molar-refractivity contribution in [3.05, 3.63) is 58.2 Å². The number of nitrogens with one attached hydrogen (secondary N) is 2. The Kier molecular flexibility index (Phi) is 6.61. The van der Waals surface area contributed by atoms with E-state index in [2.05, 4.69) is 36.7 Å². The summed E-state index contributed by atoms with van der Waals surface area (Å²) in [6, 6.07) is 12.7. The van der Waals surface area contributed by atoms with Crippen molar-refractivity contribution < 1.29 is 19.1 Å². The summed E-state index contributed by atoms with van der Waals surface area (Å²) >= 11 is 3.40. The number of aryl methyl sites for hydroxylation is 1. The van der Waals surface area contributed by atoms with Gasteiger partial charge in [-0.2, -0.15) is 10.3 Å². The Morgan fingerprint density at radius 3 is 2.72 bits per heavy atom. The highest BCUT2D eigenvalue weighted by atomic mass is 79.9. The third-order valence-corrected chi connectivity index (χ3v) is 4.48. The smallest absolute Gasteiger partial charge is 0.361 e. The minimum atomic E-state index is -0.598. The summed E-state index contributed by atoms with van der Waals surface area (Å²) in [5.74, 6) is -0.522. The van der Waals surface area contributed by atoms with E-state index in [9.17, 15) is 9.59 Å². The Morgan fingerprint density at radius 1 is 1.17 bits per heavy atom. The summed E-state index contributed by atoms with van der Waals surface area (Å²) in [5, 5.41) is 13.2. The van der Waals surface area contributed by atoms with Crippen molar-refractivity contribution in [3.8, 4) is 17.0 Å². The van der Waals surface area contributed by atoms with Gasteiger partial charge in [0.2, 0.25) is 0 Å². The molecular formula is C20H19BrN4O4. The van der Waals surface area contributed by atoms with Crippen molar-refractivity contribution >= 4 is 33.5 Å². The maximum absolute atomic E-state index is 12.3. The predicted octanol–water partition coefficient (Wildman–Crippen LogP) is 3.74. The lowest BCUT2D eigenvalue weighted by Gasteiger charge is -2.12. The first-order valence-electron chi connectivity index (χ1n) is 8.85. The van der Waals surface area contributed by atoms with Crippen LogP contribution in [0.5, 0.6) is 5.75 Å². The van der Waals surface area contributed by atoms with E-state index in [0.29, 0.717) is 11.3 Å². The molecule has 9 heteroatoms. The minimum Gasteiger partial charge on any atom is -0.483 e. The maximum Gasteiger partial charge on any atom is 0.361 e. The standard InChI is InChI=1S/C20H19BrN4O4/c1-3-28-20(27)19-18(23-25-24-19)14-10-13(21)8-9-16(14)29-11-17(26)22-15-7-5-4-6-12(15)2/h4-10H,3,11H2,1-2H3,(H,22,26)(H,23,24,25). The van der Waals surface area contributed by atoms with Crippen molar-refractivity contribution in [3.63, 3.8) is 0 Å². The van der Waals surface area contributed by atoms with Crippen LogP contribution in [0.3, 0.4) is 0 Å². The molecule has 0 saturated carbocycles. The van der Waals surface area contributed by atoms with E-state index < -0.39 is 5.97 Å². The molecule has 1 amide bonds. The van der Waals surface area contributed by atoms with E-state index in [-0.39, 0.29) is 30.5 Å². The molecule has 3 aromatic rings. The number of para-hydroxylation sites is 1. The predicted molar refractivity (Wildman–Crippen MR) is 111 cm³/mol. The Balaban J connectivity index is 1.80. The Bertz CT molecular complexity index is 1030. The van der Waals surface area contributed by atoms with Gasteiger partial charge in [-0.1, -0.05) is 34.1 Å². The molecule has 8 nitrogen and oxygen atoms in total. The number of halogens is 1. The van der Waals surface area contributed by atoms with Crippen molar-refractivity contribution in [1.29, 1.82) is 0 Å². The first-order valence-corrected chi connectivity index (χ1v) is 9.65. The van der Waals surface area contributed by atoms with Crippen LogP contribution in [-0.2, 0) is 9.53 Å². The number of anilines is 1. The first-order chi connectivity index (χ1) is 14.0. The Hall–Kier alpha value is -3.20. The highest BCUT2D eigenvalue weighted by Crippen LogP contribution is 2.33. The van der Waals surface area contributed by atoms with Gasteiger partial charge < -0.3 is 14.8 Å². The fourth-order valence-electron chi connectivity index (χ4n) is 2.62. The van der Waals surface area contributed by atoms with Gasteiger partial charge in [0.25, 0.3) is 5.91 Å². The summed E-state index contributed by atoms with van der Waals surface area (Å²) in [6.07, 6.45) is 0. The molecule has 0 bridgehead atoms. The van der Waals surface area contributed by atoms with E-state index in [1.165, 1.54) is 0 Å². The van der Waals surface area contributed by atoms with Gasteiger partial charge in [-0.05, 0) is 43.7 Å². The fourth-order valence-corrected chi connectivity index (χ4v) is 2.98. The number of esters is 1. The van der Waals surface area contributed by atoms with Gasteiger partial charge in [0.15, 0.2) is 12.3 Å². The lowest BCUT2D eigenvalue weighted by molar-refractivity contribution is -0.118. The van der Waals surface area contributed by atoms with Crippen LogP contribution in [0.2, 0.25) is 0 Å². The van der Waals surface area contributed by atoms with E-state index in [1.54, 1.807) is 25.1 Å². The molecule has 0 spiro atoms. The lowest BCUT2D eigenvalue weighted by atomic mass is 10.1. The molecule has 3 rings (SSSR count). The third-order valence-electron chi connectivity index (χ3n) is 3.99. The van der Waals surface area contributed by atoms with Crippen molar-refractivity contribution in [2.75, 3.05) is 18.5 Å². The number of carbonyl (C=O) groups is 2. The summed E-state index contributed by atoms with van der Waals surface area (Å²) in [5.41, 5.74) is 2.49. The normalized spacial score (nSPS) is 10.4. The molecule has 0 fully saturated rings. The molecule has 1 heterocycles. The number of amides is 1. The zero-order chi connectivity index (χ0) is 20.8. The maximum atomic E-state index is 12.3. The molecular weight excluding hydrogens is 440 g/mol. The number of carbonyl (C=O) groups excluding carboxylic acids is 2. The zero-order valence-electron chi connectivity index (χ0n) is 15.9. The summed E-state index contributed by atoms with van der Waals surface area (Å²) in [6.45, 7) is 3.62. The number of nitrogens with zero attached hydrogens (tertiary/aromatic N) is 2. The van der Waals surface area contributed by atoms with Crippen LogP contribution in [0.25, 0.3) is 11.3 Å². The van der Waals surface area contributed by atoms with E-state index in [0.717, 1.165) is 15.7 Å². The molecule has 0 aliphatic heterocycles. The Labute approximate surface area is 175 Å². The highest BCUT2D eigenvalue weighted by molar-refractivity contribution is 9.10. The number of aromatic amines is 1. The van der Waals surface area contributed by atoms with Crippen LogP contribution >= 0.6 is 15.9 Å². The summed E-state index contributed by atoms with van der Waals surface area (Å²) < 4.78 is 11.5. The molecule has 1 aromatic heterocycles. The monoisotopic (exact) mass is 458 g/mol. The molecule has 0 unspecified atom stereocenters. The largest absolute Gasteiger partial charge is 0.483 e. The number of aromatic nitrogens is 3. The highest BCUT2D eigenvalue weighted by Gasteiger charge is 2.22. The van der Waals surface area contributed by atoms with Crippen molar-refractivity contribution in [2.24, 2.45) is 0 Å². The third kappa shape index (κ3) is 5.00.